The lowest BCUT2D eigenvalue weighted by atomic mass is 9.95. The SMILES string of the molecule is CCOc1ccc(NC(=O)c2ccnc(N3CCC(C(=O)Nc4ccc(C(C)C)cc4)CC3)c2)cc1. The predicted octanol–water partition coefficient (Wildman–Crippen LogP) is 5.71. The van der Waals surface area contributed by atoms with Gasteiger partial charge in [-0.2, -0.15) is 0 Å². The van der Waals surface area contributed by atoms with Crippen LogP contribution in [0.3, 0.4) is 0 Å². The maximum atomic E-state index is 12.8. The summed E-state index contributed by atoms with van der Waals surface area (Å²) in [4.78, 5) is 32.2. The molecule has 0 radical (unpaired) electrons. The van der Waals surface area contributed by atoms with E-state index in [0.29, 0.717) is 36.9 Å². The molecule has 1 saturated heterocycles. The lowest BCUT2D eigenvalue weighted by Gasteiger charge is -2.32. The van der Waals surface area contributed by atoms with Gasteiger partial charge in [-0.15, -0.1) is 0 Å². The molecule has 1 aliphatic rings. The molecular formula is C29H34N4O3. The maximum absolute atomic E-state index is 12.8. The molecule has 0 atom stereocenters. The van der Waals surface area contributed by atoms with E-state index in [1.54, 1.807) is 18.3 Å². The maximum Gasteiger partial charge on any atom is 0.255 e. The fourth-order valence-electron chi connectivity index (χ4n) is 4.30. The molecule has 0 aliphatic carbocycles. The lowest BCUT2D eigenvalue weighted by Crippen LogP contribution is -2.38. The van der Waals surface area contributed by atoms with Gasteiger partial charge in [0.05, 0.1) is 6.61 Å². The second kappa shape index (κ2) is 11.7. The summed E-state index contributed by atoms with van der Waals surface area (Å²) in [5, 5.41) is 5.97. The molecule has 0 bridgehead atoms. The normalized spacial score (nSPS) is 13.9. The van der Waals surface area contributed by atoms with Crippen molar-refractivity contribution in [1.29, 1.82) is 0 Å². The number of carbonyl (C=O) groups excluding carboxylic acids is 2. The molecule has 7 heteroatoms. The van der Waals surface area contributed by atoms with Gasteiger partial charge in [-0.3, -0.25) is 9.59 Å². The van der Waals surface area contributed by atoms with Crippen molar-refractivity contribution in [2.45, 2.75) is 39.5 Å². The van der Waals surface area contributed by atoms with Crippen molar-refractivity contribution < 1.29 is 14.3 Å². The van der Waals surface area contributed by atoms with Gasteiger partial charge in [0, 0.05) is 42.1 Å². The molecule has 1 aliphatic heterocycles. The van der Waals surface area contributed by atoms with Gasteiger partial charge >= 0.3 is 0 Å². The Morgan fingerprint density at radius 1 is 0.972 bits per heavy atom. The molecule has 4 rings (SSSR count). The number of nitrogens with one attached hydrogen (secondary N) is 2. The van der Waals surface area contributed by atoms with Crippen LogP contribution in [0.4, 0.5) is 17.2 Å². The molecule has 188 valence electrons. The highest BCUT2D eigenvalue weighted by Gasteiger charge is 2.26. The third-order valence-electron chi connectivity index (χ3n) is 6.47. The van der Waals surface area contributed by atoms with Gasteiger partial charge in [-0.05, 0) is 79.8 Å². The minimum absolute atomic E-state index is 0.0443. The smallest absolute Gasteiger partial charge is 0.255 e. The first-order valence-corrected chi connectivity index (χ1v) is 12.6. The van der Waals surface area contributed by atoms with Crippen LogP contribution in [0.2, 0.25) is 0 Å². The van der Waals surface area contributed by atoms with Crippen molar-refractivity contribution in [2.75, 3.05) is 35.2 Å². The van der Waals surface area contributed by atoms with Crippen LogP contribution in [0.1, 0.15) is 55.5 Å². The van der Waals surface area contributed by atoms with E-state index in [4.69, 9.17) is 4.74 Å². The summed E-state index contributed by atoms with van der Waals surface area (Å²) < 4.78 is 5.45. The van der Waals surface area contributed by atoms with Gasteiger partial charge in [-0.1, -0.05) is 26.0 Å². The topological polar surface area (TPSA) is 83.6 Å². The van der Waals surface area contributed by atoms with E-state index >= 15 is 0 Å². The summed E-state index contributed by atoms with van der Waals surface area (Å²) in [6.07, 6.45) is 3.13. The largest absolute Gasteiger partial charge is 0.494 e. The number of amides is 2. The van der Waals surface area contributed by atoms with Crippen LogP contribution in [0.15, 0.2) is 66.9 Å². The summed E-state index contributed by atoms with van der Waals surface area (Å²) in [5.41, 5.74) is 3.33. The summed E-state index contributed by atoms with van der Waals surface area (Å²) in [6.45, 7) is 8.25. The van der Waals surface area contributed by atoms with Crippen molar-refractivity contribution in [3.63, 3.8) is 0 Å². The number of nitrogens with zero attached hydrogens (tertiary/aromatic N) is 2. The average Bonchev–Trinajstić information content (AvgIpc) is 2.90. The van der Waals surface area contributed by atoms with Crippen molar-refractivity contribution >= 4 is 29.0 Å². The van der Waals surface area contributed by atoms with Crippen LogP contribution in [0.5, 0.6) is 5.75 Å². The van der Waals surface area contributed by atoms with Crippen LogP contribution >= 0.6 is 0 Å². The number of rotatable bonds is 8. The fourth-order valence-corrected chi connectivity index (χ4v) is 4.30. The first-order chi connectivity index (χ1) is 17.4. The lowest BCUT2D eigenvalue weighted by molar-refractivity contribution is -0.120. The molecule has 1 fully saturated rings. The molecule has 7 nitrogen and oxygen atoms in total. The number of carbonyl (C=O) groups is 2. The van der Waals surface area contributed by atoms with Crippen molar-refractivity contribution in [2.24, 2.45) is 5.92 Å². The third kappa shape index (κ3) is 6.42. The van der Waals surface area contributed by atoms with E-state index in [2.05, 4.69) is 46.5 Å². The molecule has 0 spiro atoms. The van der Waals surface area contributed by atoms with Crippen LogP contribution in [0.25, 0.3) is 0 Å². The minimum atomic E-state index is -0.194. The van der Waals surface area contributed by atoms with Crippen molar-refractivity contribution in [1.82, 2.24) is 4.98 Å². The molecule has 3 aromatic rings. The quantitative estimate of drug-likeness (QED) is 0.426. The van der Waals surface area contributed by atoms with E-state index in [-0.39, 0.29) is 17.7 Å². The Bertz CT molecular complexity index is 1170. The van der Waals surface area contributed by atoms with Crippen LogP contribution in [-0.2, 0) is 4.79 Å². The number of hydrogen-bond donors (Lipinski definition) is 2. The fraction of sp³-hybridized carbons (Fsp3) is 0.345. The van der Waals surface area contributed by atoms with Gasteiger partial charge in [-0.25, -0.2) is 4.98 Å². The first kappa shape index (κ1) is 25.2. The van der Waals surface area contributed by atoms with E-state index in [1.807, 2.05) is 43.3 Å². The van der Waals surface area contributed by atoms with E-state index in [1.165, 1.54) is 5.56 Å². The highest BCUT2D eigenvalue weighted by Crippen LogP contribution is 2.25. The standard InChI is InChI=1S/C29H34N4O3/c1-4-36-26-11-9-25(10-12-26)32-29(35)23-13-16-30-27(19-23)33-17-14-22(15-18-33)28(34)31-24-7-5-21(6-8-24)20(2)3/h5-13,16,19-20,22H,4,14-15,17-18H2,1-3H3,(H,31,34)(H,32,35). The van der Waals surface area contributed by atoms with Crippen LogP contribution in [-0.4, -0.2) is 36.5 Å². The molecule has 2 heterocycles. The zero-order valence-corrected chi connectivity index (χ0v) is 21.2. The van der Waals surface area contributed by atoms with Crippen molar-refractivity contribution in [3.8, 4) is 5.75 Å². The zero-order valence-electron chi connectivity index (χ0n) is 21.2. The van der Waals surface area contributed by atoms with E-state index < -0.39 is 0 Å². The number of benzene rings is 2. The average molecular weight is 487 g/mol. The highest BCUT2D eigenvalue weighted by atomic mass is 16.5. The van der Waals surface area contributed by atoms with Gasteiger partial charge < -0.3 is 20.3 Å². The molecule has 0 saturated carbocycles. The number of piperidine rings is 1. The van der Waals surface area contributed by atoms with E-state index in [0.717, 1.165) is 30.1 Å². The van der Waals surface area contributed by atoms with Gasteiger partial charge in [0.1, 0.15) is 11.6 Å². The number of anilines is 3. The molecule has 2 aromatic carbocycles. The van der Waals surface area contributed by atoms with Crippen molar-refractivity contribution in [3.05, 3.63) is 78.0 Å². The van der Waals surface area contributed by atoms with Crippen LogP contribution in [0, 0.1) is 5.92 Å². The minimum Gasteiger partial charge on any atom is -0.494 e. The summed E-state index contributed by atoms with van der Waals surface area (Å²) >= 11 is 0. The number of pyridine rings is 1. The van der Waals surface area contributed by atoms with Gasteiger partial charge in [0.15, 0.2) is 0 Å². The number of aromatic nitrogens is 1. The zero-order chi connectivity index (χ0) is 25.5. The summed E-state index contributed by atoms with van der Waals surface area (Å²) in [5.74, 6) is 1.80. The Labute approximate surface area is 212 Å². The van der Waals surface area contributed by atoms with Crippen LogP contribution < -0.4 is 20.3 Å². The van der Waals surface area contributed by atoms with Gasteiger partial charge in [0.2, 0.25) is 5.91 Å². The molecule has 1 aromatic heterocycles. The Kier molecular flexibility index (Phi) is 8.21. The molecular weight excluding hydrogens is 452 g/mol. The number of hydrogen-bond acceptors (Lipinski definition) is 5. The molecule has 2 N–H and O–H groups in total. The van der Waals surface area contributed by atoms with Gasteiger partial charge in [0.25, 0.3) is 5.91 Å². The molecule has 0 unspecified atom stereocenters. The predicted molar refractivity (Wildman–Crippen MR) is 144 cm³/mol. The Morgan fingerprint density at radius 2 is 1.61 bits per heavy atom. The second-order valence-electron chi connectivity index (χ2n) is 9.34. The first-order valence-electron chi connectivity index (χ1n) is 12.6. The highest BCUT2D eigenvalue weighted by molar-refractivity contribution is 6.04. The molecule has 2 amide bonds. The number of ether oxygens (including phenoxy) is 1. The monoisotopic (exact) mass is 486 g/mol. The Morgan fingerprint density at radius 3 is 2.25 bits per heavy atom. The second-order valence-corrected chi connectivity index (χ2v) is 9.34. The van der Waals surface area contributed by atoms with E-state index in [9.17, 15) is 9.59 Å². The summed E-state index contributed by atoms with van der Waals surface area (Å²) in [6, 6.07) is 18.9. The molecule has 36 heavy (non-hydrogen) atoms. The summed E-state index contributed by atoms with van der Waals surface area (Å²) in [7, 11) is 0. The Hall–Kier alpha value is -3.87. The Balaban J connectivity index is 1.31. The third-order valence-corrected chi connectivity index (χ3v) is 6.47.